The van der Waals surface area contributed by atoms with Gasteiger partial charge in [-0.15, -0.1) is 0 Å². The molecule has 0 unspecified atom stereocenters. The maximum absolute atomic E-state index is 11.0. The monoisotopic (exact) mass is 215 g/mol. The van der Waals surface area contributed by atoms with E-state index in [2.05, 4.69) is 0 Å². The highest BCUT2D eigenvalue weighted by molar-refractivity contribution is 7.98. The number of carbonyl (C=O) groups excluding carboxylic acids is 1. The quantitative estimate of drug-likeness (QED) is 0.280. The van der Waals surface area contributed by atoms with Gasteiger partial charge in [0.25, 0.3) is 5.91 Å². The molecule has 78 valence electrons. The second kappa shape index (κ2) is 5.69. The Kier molecular flexibility index (Phi) is 4.51. The second-order valence-corrected chi connectivity index (χ2v) is 3.72. The predicted octanol–water partition coefficient (Wildman–Crippen LogP) is 0.0750. The van der Waals surface area contributed by atoms with Crippen molar-refractivity contribution >= 4 is 17.7 Å². The van der Waals surface area contributed by atoms with Crippen LogP contribution in [-0.4, -0.2) is 18.2 Å². The van der Waals surface area contributed by atoms with E-state index >= 15 is 0 Å². The van der Waals surface area contributed by atoms with Crippen LogP contribution in [-0.2, 0) is 5.75 Å². The van der Waals surface area contributed by atoms with E-state index in [-0.39, 0.29) is 5.91 Å². The van der Waals surface area contributed by atoms with Crippen LogP contribution < -0.4 is 17.0 Å². The lowest BCUT2D eigenvalue weighted by Crippen LogP contribution is -2.29. The van der Waals surface area contributed by atoms with E-state index < -0.39 is 0 Å². The molecule has 0 fully saturated rings. The molecule has 0 atom stereocenters. The van der Waals surface area contributed by atoms with E-state index in [1.54, 1.807) is 17.8 Å². The van der Waals surface area contributed by atoms with Gasteiger partial charge in [0.1, 0.15) is 12.0 Å². The van der Waals surface area contributed by atoms with Crippen LogP contribution in [0.4, 0.5) is 0 Å². The average molecular weight is 215 g/mol. The SMILES string of the molecule is NCCSCc1cc(C(=O)NN)co1. The third-order valence-electron chi connectivity index (χ3n) is 1.55. The van der Waals surface area contributed by atoms with Gasteiger partial charge in [0, 0.05) is 12.3 Å². The number of carbonyl (C=O) groups is 1. The molecule has 6 heteroatoms. The minimum Gasteiger partial charge on any atom is -0.468 e. The molecule has 0 saturated heterocycles. The Bertz CT molecular complexity index is 301. The van der Waals surface area contributed by atoms with Crippen molar-refractivity contribution < 1.29 is 9.21 Å². The Balaban J connectivity index is 2.46. The molecule has 0 aromatic carbocycles. The molecular formula is C8H13N3O2S. The summed E-state index contributed by atoms with van der Waals surface area (Å²) in [4.78, 5) is 11.0. The first-order valence-electron chi connectivity index (χ1n) is 4.14. The van der Waals surface area contributed by atoms with E-state index in [0.29, 0.717) is 12.1 Å². The van der Waals surface area contributed by atoms with Crippen LogP contribution in [0.2, 0.25) is 0 Å². The molecule has 0 aliphatic carbocycles. The fourth-order valence-electron chi connectivity index (χ4n) is 0.915. The zero-order valence-corrected chi connectivity index (χ0v) is 8.47. The van der Waals surface area contributed by atoms with E-state index in [9.17, 15) is 4.79 Å². The number of nitrogen functional groups attached to an aromatic ring is 1. The van der Waals surface area contributed by atoms with E-state index in [0.717, 1.165) is 17.3 Å². The van der Waals surface area contributed by atoms with Crippen molar-refractivity contribution in [1.82, 2.24) is 5.43 Å². The maximum Gasteiger partial charge on any atom is 0.268 e. The zero-order chi connectivity index (χ0) is 10.4. The third-order valence-corrected chi connectivity index (χ3v) is 2.57. The van der Waals surface area contributed by atoms with Gasteiger partial charge in [0.15, 0.2) is 0 Å². The van der Waals surface area contributed by atoms with Gasteiger partial charge in [-0.25, -0.2) is 5.84 Å². The lowest BCUT2D eigenvalue weighted by Gasteiger charge is -1.94. The average Bonchev–Trinajstić information content (AvgIpc) is 2.66. The Hall–Kier alpha value is -0.980. The minimum atomic E-state index is -0.344. The Morgan fingerprint density at radius 1 is 1.64 bits per heavy atom. The molecule has 5 nitrogen and oxygen atoms in total. The van der Waals surface area contributed by atoms with Crippen LogP contribution in [0.1, 0.15) is 16.1 Å². The molecule has 1 heterocycles. The summed E-state index contributed by atoms with van der Waals surface area (Å²) >= 11 is 1.66. The number of hydrogen-bond acceptors (Lipinski definition) is 5. The van der Waals surface area contributed by atoms with Crippen LogP contribution in [0.3, 0.4) is 0 Å². The highest BCUT2D eigenvalue weighted by atomic mass is 32.2. The summed E-state index contributed by atoms with van der Waals surface area (Å²) in [7, 11) is 0. The lowest BCUT2D eigenvalue weighted by atomic mass is 10.3. The van der Waals surface area contributed by atoms with Gasteiger partial charge in [-0.3, -0.25) is 10.2 Å². The molecule has 0 bridgehead atoms. The number of hydrogen-bond donors (Lipinski definition) is 3. The fourth-order valence-corrected chi connectivity index (χ4v) is 1.58. The van der Waals surface area contributed by atoms with Crippen molar-refractivity contribution in [2.45, 2.75) is 5.75 Å². The van der Waals surface area contributed by atoms with Crippen LogP contribution >= 0.6 is 11.8 Å². The molecule has 0 saturated carbocycles. The standard InChI is InChI=1S/C8H13N3O2S/c9-1-2-14-5-7-3-6(4-13-7)8(12)11-10/h3-4H,1-2,5,9-10H2,(H,11,12). The number of rotatable bonds is 5. The third kappa shape index (κ3) is 3.06. The van der Waals surface area contributed by atoms with Crippen molar-refractivity contribution in [2.75, 3.05) is 12.3 Å². The van der Waals surface area contributed by atoms with Crippen LogP contribution in [0.5, 0.6) is 0 Å². The van der Waals surface area contributed by atoms with Gasteiger partial charge in [-0.2, -0.15) is 11.8 Å². The summed E-state index contributed by atoms with van der Waals surface area (Å²) in [6.07, 6.45) is 1.39. The largest absolute Gasteiger partial charge is 0.468 e. The number of thioether (sulfide) groups is 1. The molecule has 14 heavy (non-hydrogen) atoms. The van der Waals surface area contributed by atoms with E-state index in [1.807, 2.05) is 5.43 Å². The summed E-state index contributed by atoms with van der Waals surface area (Å²) in [6.45, 7) is 0.640. The van der Waals surface area contributed by atoms with Crippen molar-refractivity contribution in [2.24, 2.45) is 11.6 Å². The maximum atomic E-state index is 11.0. The summed E-state index contributed by atoms with van der Waals surface area (Å²) in [6, 6.07) is 1.67. The number of amides is 1. The summed E-state index contributed by atoms with van der Waals surface area (Å²) in [5, 5.41) is 0. The first kappa shape index (κ1) is 11.1. The normalized spacial score (nSPS) is 10.1. The highest BCUT2D eigenvalue weighted by Crippen LogP contribution is 2.14. The molecule has 0 spiro atoms. The van der Waals surface area contributed by atoms with Crippen LogP contribution in [0.25, 0.3) is 0 Å². The van der Waals surface area contributed by atoms with Gasteiger partial charge < -0.3 is 10.2 Å². The van der Waals surface area contributed by atoms with Crippen LogP contribution in [0, 0.1) is 0 Å². The predicted molar refractivity (Wildman–Crippen MR) is 55.6 cm³/mol. The fraction of sp³-hybridized carbons (Fsp3) is 0.375. The number of nitrogens with two attached hydrogens (primary N) is 2. The summed E-state index contributed by atoms with van der Waals surface area (Å²) in [5.41, 5.74) is 7.81. The smallest absolute Gasteiger partial charge is 0.268 e. The lowest BCUT2D eigenvalue weighted by molar-refractivity contribution is 0.0953. The molecule has 0 aliphatic rings. The first-order valence-corrected chi connectivity index (χ1v) is 5.29. The molecule has 1 amide bonds. The topological polar surface area (TPSA) is 94.3 Å². The van der Waals surface area contributed by atoms with Gasteiger partial charge >= 0.3 is 0 Å². The number of furan rings is 1. The van der Waals surface area contributed by atoms with E-state index in [4.69, 9.17) is 16.0 Å². The summed E-state index contributed by atoms with van der Waals surface area (Å²) < 4.78 is 5.16. The Morgan fingerprint density at radius 3 is 3.07 bits per heavy atom. The molecular weight excluding hydrogens is 202 g/mol. The van der Waals surface area contributed by atoms with E-state index in [1.165, 1.54) is 6.26 Å². The van der Waals surface area contributed by atoms with Crippen LogP contribution in [0.15, 0.2) is 16.7 Å². The Labute approximate surface area is 86.2 Å². The summed E-state index contributed by atoms with van der Waals surface area (Å²) in [5.74, 6) is 6.97. The van der Waals surface area contributed by atoms with Crippen molar-refractivity contribution in [3.63, 3.8) is 0 Å². The first-order chi connectivity index (χ1) is 6.77. The van der Waals surface area contributed by atoms with Crippen molar-refractivity contribution in [1.29, 1.82) is 0 Å². The Morgan fingerprint density at radius 2 is 2.43 bits per heavy atom. The van der Waals surface area contributed by atoms with Gasteiger partial charge in [0.05, 0.1) is 11.3 Å². The molecule has 1 aromatic rings. The molecule has 5 N–H and O–H groups in total. The minimum absolute atomic E-state index is 0.344. The van der Waals surface area contributed by atoms with Gasteiger partial charge in [-0.1, -0.05) is 0 Å². The second-order valence-electron chi connectivity index (χ2n) is 2.62. The molecule has 1 aromatic heterocycles. The zero-order valence-electron chi connectivity index (χ0n) is 7.66. The van der Waals surface area contributed by atoms with Crippen molar-refractivity contribution in [3.8, 4) is 0 Å². The molecule has 0 aliphatic heterocycles. The van der Waals surface area contributed by atoms with Gasteiger partial charge in [0.2, 0.25) is 0 Å². The number of hydrazine groups is 1. The van der Waals surface area contributed by atoms with Crippen molar-refractivity contribution in [3.05, 3.63) is 23.7 Å². The molecule has 1 rings (SSSR count). The number of nitrogens with one attached hydrogen (secondary N) is 1. The highest BCUT2D eigenvalue weighted by Gasteiger charge is 2.07. The van der Waals surface area contributed by atoms with Gasteiger partial charge in [-0.05, 0) is 6.07 Å². The molecule has 0 radical (unpaired) electrons.